The van der Waals surface area contributed by atoms with Crippen LogP contribution in [0.3, 0.4) is 0 Å². The summed E-state index contributed by atoms with van der Waals surface area (Å²) in [6.07, 6.45) is 0.969. The Morgan fingerprint density at radius 2 is 1.97 bits per heavy atom. The molecule has 0 spiro atoms. The first-order valence-corrected chi connectivity index (χ1v) is 10.6. The van der Waals surface area contributed by atoms with Crippen molar-refractivity contribution < 1.29 is 14.3 Å². The number of amides is 1. The van der Waals surface area contributed by atoms with Gasteiger partial charge in [0, 0.05) is 12.2 Å². The quantitative estimate of drug-likeness (QED) is 0.441. The lowest BCUT2D eigenvalue weighted by Crippen LogP contribution is -2.22. The van der Waals surface area contributed by atoms with Crippen LogP contribution in [0.5, 0.6) is 0 Å². The van der Waals surface area contributed by atoms with E-state index in [0.717, 1.165) is 46.0 Å². The summed E-state index contributed by atoms with van der Waals surface area (Å²) in [4.78, 5) is 28.8. The summed E-state index contributed by atoms with van der Waals surface area (Å²) in [5.41, 5.74) is 4.70. The summed E-state index contributed by atoms with van der Waals surface area (Å²) in [6.45, 7) is 6.50. The summed E-state index contributed by atoms with van der Waals surface area (Å²) in [7, 11) is 0. The highest BCUT2D eigenvalue weighted by atomic mass is 32.2. The molecule has 0 radical (unpaired) electrons. The lowest BCUT2D eigenvalue weighted by atomic mass is 10.1. The standard InChI is InChI=1S/C22H25N3O3S/c1-4-11-25-19-8-6-5-7-17(19)24-22(25)29-14-21(27)28-13-20(26)23-18-12-15(2)9-10-16(18)3/h5-10,12H,4,11,13-14H2,1-3H3,(H,23,26). The Morgan fingerprint density at radius 1 is 1.17 bits per heavy atom. The van der Waals surface area contributed by atoms with Gasteiger partial charge in [0.15, 0.2) is 11.8 Å². The van der Waals surface area contributed by atoms with E-state index in [2.05, 4.69) is 21.8 Å². The first-order chi connectivity index (χ1) is 14.0. The number of anilines is 1. The van der Waals surface area contributed by atoms with Gasteiger partial charge in [-0.25, -0.2) is 4.98 Å². The van der Waals surface area contributed by atoms with Crippen LogP contribution in [0.4, 0.5) is 5.69 Å². The molecule has 1 heterocycles. The molecule has 0 aliphatic heterocycles. The molecule has 6 nitrogen and oxygen atoms in total. The molecular formula is C22H25N3O3S. The normalized spacial score (nSPS) is 10.9. The van der Waals surface area contributed by atoms with Crippen LogP contribution < -0.4 is 5.32 Å². The molecule has 3 aromatic rings. The van der Waals surface area contributed by atoms with E-state index in [-0.39, 0.29) is 18.3 Å². The van der Waals surface area contributed by atoms with Gasteiger partial charge in [0.1, 0.15) is 0 Å². The molecule has 1 N–H and O–H groups in total. The van der Waals surface area contributed by atoms with Crippen LogP contribution in [0.1, 0.15) is 24.5 Å². The summed E-state index contributed by atoms with van der Waals surface area (Å²) >= 11 is 1.33. The van der Waals surface area contributed by atoms with Gasteiger partial charge in [-0.05, 0) is 49.6 Å². The van der Waals surface area contributed by atoms with Crippen molar-refractivity contribution >= 4 is 40.4 Å². The number of benzene rings is 2. The molecule has 29 heavy (non-hydrogen) atoms. The second-order valence-electron chi connectivity index (χ2n) is 6.85. The van der Waals surface area contributed by atoms with E-state index in [1.807, 2.05) is 56.3 Å². The van der Waals surface area contributed by atoms with Crippen molar-refractivity contribution in [2.24, 2.45) is 0 Å². The predicted molar refractivity (Wildman–Crippen MR) is 116 cm³/mol. The number of imidazole rings is 1. The number of aromatic nitrogens is 2. The first kappa shape index (κ1) is 20.9. The van der Waals surface area contributed by atoms with Crippen LogP contribution in [-0.2, 0) is 20.9 Å². The number of ether oxygens (including phenoxy) is 1. The molecule has 0 unspecified atom stereocenters. The fourth-order valence-electron chi connectivity index (χ4n) is 2.97. The van der Waals surface area contributed by atoms with E-state index in [1.165, 1.54) is 11.8 Å². The highest BCUT2D eigenvalue weighted by Gasteiger charge is 2.14. The summed E-state index contributed by atoms with van der Waals surface area (Å²) < 4.78 is 7.24. The molecule has 0 saturated carbocycles. The van der Waals surface area contributed by atoms with Crippen LogP contribution in [0.15, 0.2) is 47.6 Å². The number of nitrogens with zero attached hydrogens (tertiary/aromatic N) is 2. The Kier molecular flexibility index (Phi) is 6.93. The Morgan fingerprint density at radius 3 is 2.76 bits per heavy atom. The number of hydrogen-bond donors (Lipinski definition) is 1. The molecule has 7 heteroatoms. The molecule has 0 saturated heterocycles. The third kappa shape index (κ3) is 5.38. The Hall–Kier alpha value is -2.80. The molecule has 0 atom stereocenters. The molecule has 0 fully saturated rings. The molecule has 0 bridgehead atoms. The SMILES string of the molecule is CCCn1c(SCC(=O)OCC(=O)Nc2cc(C)ccc2C)nc2ccccc21. The van der Waals surface area contributed by atoms with Crippen LogP contribution in [-0.4, -0.2) is 33.8 Å². The number of esters is 1. The fourth-order valence-corrected chi connectivity index (χ4v) is 3.81. The highest BCUT2D eigenvalue weighted by molar-refractivity contribution is 7.99. The van der Waals surface area contributed by atoms with E-state index < -0.39 is 5.97 Å². The lowest BCUT2D eigenvalue weighted by Gasteiger charge is -2.10. The maximum absolute atomic E-state index is 12.1. The zero-order valence-electron chi connectivity index (χ0n) is 16.9. The van der Waals surface area contributed by atoms with Gasteiger partial charge in [0.2, 0.25) is 0 Å². The van der Waals surface area contributed by atoms with Gasteiger partial charge in [0.25, 0.3) is 5.91 Å². The maximum atomic E-state index is 12.1. The lowest BCUT2D eigenvalue weighted by molar-refractivity contribution is -0.144. The second kappa shape index (κ2) is 9.60. The van der Waals surface area contributed by atoms with Crippen LogP contribution >= 0.6 is 11.8 Å². The molecule has 1 amide bonds. The van der Waals surface area contributed by atoms with Crippen LogP contribution in [0, 0.1) is 13.8 Å². The summed E-state index contributed by atoms with van der Waals surface area (Å²) in [5.74, 6) is -0.694. The van der Waals surface area contributed by atoms with Crippen molar-refractivity contribution in [1.29, 1.82) is 0 Å². The van der Waals surface area contributed by atoms with Gasteiger partial charge in [-0.1, -0.05) is 43.0 Å². The first-order valence-electron chi connectivity index (χ1n) is 9.58. The summed E-state index contributed by atoms with van der Waals surface area (Å²) in [5, 5.41) is 3.57. The van der Waals surface area contributed by atoms with Crippen LogP contribution in [0.25, 0.3) is 11.0 Å². The number of aryl methyl sites for hydroxylation is 3. The summed E-state index contributed by atoms with van der Waals surface area (Å²) in [6, 6.07) is 13.7. The minimum absolute atomic E-state index is 0.101. The number of nitrogens with one attached hydrogen (secondary N) is 1. The number of rotatable bonds is 8. The van der Waals surface area contributed by atoms with Gasteiger partial charge in [-0.3, -0.25) is 9.59 Å². The van der Waals surface area contributed by atoms with Gasteiger partial charge in [-0.2, -0.15) is 0 Å². The minimum atomic E-state index is -0.443. The molecule has 152 valence electrons. The number of carbonyl (C=O) groups is 2. The number of thioether (sulfide) groups is 1. The third-order valence-corrected chi connectivity index (χ3v) is 5.37. The predicted octanol–water partition coefficient (Wildman–Crippen LogP) is 4.34. The fraction of sp³-hybridized carbons (Fsp3) is 0.318. The van der Waals surface area contributed by atoms with Gasteiger partial charge < -0.3 is 14.6 Å². The second-order valence-corrected chi connectivity index (χ2v) is 7.79. The van der Waals surface area contributed by atoms with Crippen molar-refractivity contribution in [2.75, 3.05) is 17.7 Å². The maximum Gasteiger partial charge on any atom is 0.316 e. The zero-order valence-corrected chi connectivity index (χ0v) is 17.7. The van der Waals surface area contributed by atoms with Crippen molar-refractivity contribution in [3.8, 4) is 0 Å². The number of fused-ring (bicyclic) bond motifs is 1. The largest absolute Gasteiger partial charge is 0.455 e. The molecule has 1 aromatic heterocycles. The van der Waals surface area contributed by atoms with Gasteiger partial charge >= 0.3 is 5.97 Å². The van der Waals surface area contributed by atoms with Crippen molar-refractivity contribution in [1.82, 2.24) is 9.55 Å². The van der Waals surface area contributed by atoms with E-state index in [1.54, 1.807) is 0 Å². The number of para-hydroxylation sites is 2. The Labute approximate surface area is 174 Å². The number of hydrogen-bond acceptors (Lipinski definition) is 5. The number of carbonyl (C=O) groups excluding carboxylic acids is 2. The highest BCUT2D eigenvalue weighted by Crippen LogP contribution is 2.24. The smallest absolute Gasteiger partial charge is 0.316 e. The molecule has 3 rings (SSSR count). The average molecular weight is 412 g/mol. The Balaban J connectivity index is 1.54. The van der Waals surface area contributed by atoms with Crippen LogP contribution in [0.2, 0.25) is 0 Å². The van der Waals surface area contributed by atoms with Crippen molar-refractivity contribution in [2.45, 2.75) is 38.9 Å². The molecular weight excluding hydrogens is 386 g/mol. The topological polar surface area (TPSA) is 73.2 Å². The third-order valence-electron chi connectivity index (χ3n) is 4.42. The monoisotopic (exact) mass is 411 g/mol. The molecule has 0 aliphatic carbocycles. The minimum Gasteiger partial charge on any atom is -0.455 e. The van der Waals surface area contributed by atoms with E-state index in [9.17, 15) is 9.59 Å². The Bertz CT molecular complexity index is 1030. The molecule has 0 aliphatic rings. The molecule has 2 aromatic carbocycles. The van der Waals surface area contributed by atoms with E-state index in [4.69, 9.17) is 4.74 Å². The van der Waals surface area contributed by atoms with E-state index in [0.29, 0.717) is 0 Å². The zero-order chi connectivity index (χ0) is 20.8. The van der Waals surface area contributed by atoms with Crippen molar-refractivity contribution in [3.05, 3.63) is 53.6 Å². The average Bonchev–Trinajstić information content (AvgIpc) is 3.05. The van der Waals surface area contributed by atoms with E-state index >= 15 is 0 Å². The van der Waals surface area contributed by atoms with Crippen molar-refractivity contribution in [3.63, 3.8) is 0 Å². The van der Waals surface area contributed by atoms with Gasteiger partial charge in [0.05, 0.1) is 16.8 Å². The van der Waals surface area contributed by atoms with Gasteiger partial charge in [-0.15, -0.1) is 0 Å².